The normalized spacial score (nSPS) is 30.9. The molecule has 1 aliphatic heterocycles. The molecule has 2 bridgehead atoms. The van der Waals surface area contributed by atoms with Gasteiger partial charge in [-0.1, -0.05) is 30.3 Å². The van der Waals surface area contributed by atoms with Crippen molar-refractivity contribution in [2.45, 2.75) is 38.8 Å². The molecule has 3 atom stereocenters. The Labute approximate surface area is 138 Å². The highest BCUT2D eigenvalue weighted by Gasteiger charge is 2.51. The summed E-state index contributed by atoms with van der Waals surface area (Å²) >= 11 is 0. The van der Waals surface area contributed by atoms with E-state index >= 15 is 0 Å². The molecule has 126 valence electrons. The van der Waals surface area contributed by atoms with Crippen molar-refractivity contribution in [1.29, 1.82) is 0 Å². The van der Waals surface area contributed by atoms with Crippen molar-refractivity contribution >= 4 is 5.97 Å². The summed E-state index contributed by atoms with van der Waals surface area (Å²) in [6.07, 6.45) is 2.98. The molecule has 3 rings (SSSR count). The van der Waals surface area contributed by atoms with Crippen molar-refractivity contribution in [3.63, 3.8) is 0 Å². The van der Waals surface area contributed by atoms with E-state index in [1.165, 1.54) is 5.56 Å². The summed E-state index contributed by atoms with van der Waals surface area (Å²) in [5.74, 6) is 0.396. The fourth-order valence-corrected chi connectivity index (χ4v) is 4.35. The van der Waals surface area contributed by atoms with Gasteiger partial charge < -0.3 is 9.47 Å². The van der Waals surface area contributed by atoms with Gasteiger partial charge in [0.1, 0.15) is 0 Å². The largest absolute Gasteiger partial charge is 0.466 e. The highest BCUT2D eigenvalue weighted by molar-refractivity contribution is 5.77. The number of carbonyl (C=O) groups is 1. The second-order valence-electron chi connectivity index (χ2n) is 6.93. The molecule has 1 aliphatic carbocycles. The van der Waals surface area contributed by atoms with E-state index in [2.05, 4.69) is 29.2 Å². The van der Waals surface area contributed by atoms with Crippen molar-refractivity contribution in [2.75, 3.05) is 26.8 Å². The lowest BCUT2D eigenvalue weighted by Crippen LogP contribution is -2.57. The second-order valence-corrected chi connectivity index (χ2v) is 6.93. The molecule has 0 spiro atoms. The summed E-state index contributed by atoms with van der Waals surface area (Å²) in [5, 5.41) is 0. The average molecular weight is 317 g/mol. The first kappa shape index (κ1) is 16.5. The van der Waals surface area contributed by atoms with Crippen LogP contribution in [0.25, 0.3) is 0 Å². The third-order valence-electron chi connectivity index (χ3n) is 5.37. The van der Waals surface area contributed by atoms with Crippen molar-refractivity contribution in [1.82, 2.24) is 4.90 Å². The van der Waals surface area contributed by atoms with Crippen LogP contribution in [0.1, 0.15) is 31.7 Å². The molecule has 0 unspecified atom stereocenters. The van der Waals surface area contributed by atoms with Crippen LogP contribution in [-0.2, 0) is 20.8 Å². The molecule has 1 aromatic carbocycles. The number of hydrogen-bond acceptors (Lipinski definition) is 4. The maximum Gasteiger partial charge on any atom is 0.313 e. The number of esters is 1. The fraction of sp³-hybridized carbons (Fsp3) is 0.632. The third-order valence-corrected chi connectivity index (χ3v) is 5.37. The number of methoxy groups -OCH3 is 1. The molecular formula is C19H27NO3. The van der Waals surface area contributed by atoms with E-state index in [1.54, 1.807) is 7.11 Å². The average Bonchev–Trinajstić information content (AvgIpc) is 2.56. The molecule has 0 amide bonds. The molecule has 2 aliphatic rings. The number of fused-ring (bicyclic) bond motifs is 2. The highest BCUT2D eigenvalue weighted by atomic mass is 16.5. The van der Waals surface area contributed by atoms with E-state index in [0.717, 1.165) is 38.9 Å². The first-order valence-corrected chi connectivity index (χ1v) is 8.63. The molecule has 23 heavy (non-hydrogen) atoms. The molecular weight excluding hydrogens is 290 g/mol. The predicted octanol–water partition coefficient (Wildman–Crippen LogP) is 2.87. The number of rotatable bonds is 5. The fourth-order valence-electron chi connectivity index (χ4n) is 4.35. The van der Waals surface area contributed by atoms with E-state index in [4.69, 9.17) is 9.47 Å². The van der Waals surface area contributed by atoms with E-state index in [0.29, 0.717) is 12.5 Å². The standard InChI is InChI=1S/C19H27NO3/c1-3-23-18(21)19-10-9-17(22-2)16(11-19)13-20(14-19)12-15-7-5-4-6-8-15/h4-8,16-17H,3,9-14H2,1-2H3/t16-,17-,19-/m1/s1. The lowest BCUT2D eigenvalue weighted by atomic mass is 9.65. The number of nitrogens with zero attached hydrogens (tertiary/aromatic N) is 1. The Bertz CT molecular complexity index is 533. The zero-order valence-electron chi connectivity index (χ0n) is 14.2. The van der Waals surface area contributed by atoms with Crippen molar-refractivity contribution in [3.8, 4) is 0 Å². The number of ether oxygens (including phenoxy) is 2. The third kappa shape index (κ3) is 3.43. The van der Waals surface area contributed by atoms with Crippen LogP contribution in [-0.4, -0.2) is 43.8 Å². The summed E-state index contributed by atoms with van der Waals surface area (Å²) < 4.78 is 11.1. The molecule has 1 heterocycles. The Morgan fingerprint density at radius 3 is 2.83 bits per heavy atom. The van der Waals surface area contributed by atoms with Crippen LogP contribution >= 0.6 is 0 Å². The molecule has 0 aromatic heterocycles. The highest BCUT2D eigenvalue weighted by Crippen LogP contribution is 2.46. The van der Waals surface area contributed by atoms with Gasteiger partial charge in [-0.3, -0.25) is 9.69 Å². The Balaban J connectivity index is 1.79. The first-order valence-electron chi connectivity index (χ1n) is 8.63. The van der Waals surface area contributed by atoms with Crippen molar-refractivity contribution in [3.05, 3.63) is 35.9 Å². The van der Waals surface area contributed by atoms with Gasteiger partial charge in [-0.2, -0.15) is 0 Å². The van der Waals surface area contributed by atoms with Crippen molar-refractivity contribution in [2.24, 2.45) is 11.3 Å². The molecule has 1 saturated heterocycles. The Morgan fingerprint density at radius 1 is 1.35 bits per heavy atom. The maximum absolute atomic E-state index is 12.6. The van der Waals surface area contributed by atoms with E-state index < -0.39 is 0 Å². The Hall–Kier alpha value is -1.39. The first-order chi connectivity index (χ1) is 11.2. The lowest BCUT2D eigenvalue weighted by molar-refractivity contribution is -0.169. The van der Waals surface area contributed by atoms with Crippen LogP contribution < -0.4 is 0 Å². The van der Waals surface area contributed by atoms with Gasteiger partial charge in [-0.15, -0.1) is 0 Å². The second kappa shape index (κ2) is 7.02. The molecule has 2 fully saturated rings. The summed E-state index contributed by atoms with van der Waals surface area (Å²) in [6, 6.07) is 10.5. The summed E-state index contributed by atoms with van der Waals surface area (Å²) in [7, 11) is 1.79. The van der Waals surface area contributed by atoms with Gasteiger partial charge in [0.25, 0.3) is 0 Å². The van der Waals surface area contributed by atoms with Crippen LogP contribution in [0, 0.1) is 11.3 Å². The minimum atomic E-state index is -0.345. The summed E-state index contributed by atoms with van der Waals surface area (Å²) in [5.41, 5.74) is 0.948. The van der Waals surface area contributed by atoms with Crippen LogP contribution in [0.4, 0.5) is 0 Å². The van der Waals surface area contributed by atoms with E-state index in [1.807, 2.05) is 13.0 Å². The number of likely N-dealkylation sites (tertiary alicyclic amines) is 1. The van der Waals surface area contributed by atoms with Gasteiger partial charge in [0, 0.05) is 26.7 Å². The summed E-state index contributed by atoms with van der Waals surface area (Å²) in [6.45, 7) is 5.02. The minimum absolute atomic E-state index is 0.0164. The maximum atomic E-state index is 12.6. The van der Waals surface area contributed by atoms with Gasteiger partial charge in [0.05, 0.1) is 18.1 Å². The zero-order chi connectivity index (χ0) is 16.3. The number of piperidine rings is 1. The molecule has 0 radical (unpaired) electrons. The van der Waals surface area contributed by atoms with Crippen LogP contribution in [0.5, 0.6) is 0 Å². The van der Waals surface area contributed by atoms with Gasteiger partial charge in [-0.05, 0) is 37.7 Å². The monoisotopic (exact) mass is 317 g/mol. The number of benzene rings is 1. The topological polar surface area (TPSA) is 38.8 Å². The molecule has 1 saturated carbocycles. The zero-order valence-corrected chi connectivity index (χ0v) is 14.2. The van der Waals surface area contributed by atoms with Crippen LogP contribution in [0.15, 0.2) is 30.3 Å². The Kier molecular flexibility index (Phi) is 5.02. The molecule has 4 heteroatoms. The summed E-state index contributed by atoms with van der Waals surface area (Å²) in [4.78, 5) is 15.0. The SMILES string of the molecule is CCOC(=O)[C@@]12CC[C@@H](OC)[C@@H](CN(Cc3ccccc3)C1)C2. The van der Waals surface area contributed by atoms with Crippen LogP contribution in [0.2, 0.25) is 0 Å². The molecule has 1 aromatic rings. The van der Waals surface area contributed by atoms with Gasteiger partial charge in [-0.25, -0.2) is 0 Å². The van der Waals surface area contributed by atoms with Crippen LogP contribution in [0.3, 0.4) is 0 Å². The van der Waals surface area contributed by atoms with E-state index in [9.17, 15) is 4.79 Å². The van der Waals surface area contributed by atoms with E-state index in [-0.39, 0.29) is 17.5 Å². The lowest BCUT2D eigenvalue weighted by Gasteiger charge is -2.50. The molecule has 0 N–H and O–H groups in total. The Morgan fingerprint density at radius 2 is 2.13 bits per heavy atom. The number of hydrogen-bond donors (Lipinski definition) is 0. The minimum Gasteiger partial charge on any atom is -0.466 e. The number of carbonyl (C=O) groups excluding carboxylic acids is 1. The molecule has 4 nitrogen and oxygen atoms in total. The van der Waals surface area contributed by atoms with Gasteiger partial charge in [0.2, 0.25) is 0 Å². The smallest absolute Gasteiger partial charge is 0.313 e. The predicted molar refractivity (Wildman–Crippen MR) is 88.9 cm³/mol. The van der Waals surface area contributed by atoms with Gasteiger partial charge >= 0.3 is 5.97 Å². The quantitative estimate of drug-likeness (QED) is 0.783. The van der Waals surface area contributed by atoms with Gasteiger partial charge in [0.15, 0.2) is 0 Å². The van der Waals surface area contributed by atoms with Crippen molar-refractivity contribution < 1.29 is 14.3 Å².